The van der Waals surface area contributed by atoms with E-state index >= 15 is 0 Å². The third-order valence-electron chi connectivity index (χ3n) is 8.85. The van der Waals surface area contributed by atoms with Crippen molar-refractivity contribution in [2.75, 3.05) is 6.54 Å². The minimum atomic E-state index is -1.10. The van der Waals surface area contributed by atoms with Crippen LogP contribution in [0.15, 0.2) is 54.6 Å². The largest absolute Gasteiger partial charge is 0.618 e. The van der Waals surface area contributed by atoms with Crippen molar-refractivity contribution >= 4 is 28.8 Å². The highest BCUT2D eigenvalue weighted by Crippen LogP contribution is 2.60. The van der Waals surface area contributed by atoms with Crippen molar-refractivity contribution in [3.8, 4) is 11.1 Å². The van der Waals surface area contributed by atoms with Crippen molar-refractivity contribution in [3.63, 3.8) is 0 Å². The standard InChI is InChI=1S/C27H25N3O3/c1-25(2)21-15-26-11-6-12-29(26)24(32)27(21,28-23(26)31)14-19-18-13-17(16-7-4-3-5-8-16)9-10-20(18)30(33)22(19)25/h3-5,7-10,13-14,21H,6,11-12,15H2,1-2H3,(H,28,31)/t21-,26-,27-/m0/s1. The van der Waals surface area contributed by atoms with Crippen molar-refractivity contribution < 1.29 is 14.3 Å². The second kappa shape index (κ2) is 5.74. The second-order valence-corrected chi connectivity index (χ2v) is 10.7. The molecule has 33 heavy (non-hydrogen) atoms. The summed E-state index contributed by atoms with van der Waals surface area (Å²) in [6.45, 7) is 4.75. The zero-order valence-electron chi connectivity index (χ0n) is 18.7. The van der Waals surface area contributed by atoms with Gasteiger partial charge in [0.2, 0.25) is 17.3 Å². The van der Waals surface area contributed by atoms with Crippen LogP contribution in [0.1, 0.15) is 38.7 Å². The fourth-order valence-corrected chi connectivity index (χ4v) is 7.30. The Hall–Kier alpha value is -3.41. The third kappa shape index (κ3) is 2.04. The molecule has 2 amide bonds. The van der Waals surface area contributed by atoms with Crippen LogP contribution < -0.4 is 5.32 Å². The van der Waals surface area contributed by atoms with Crippen LogP contribution in [-0.4, -0.2) is 44.8 Å². The first-order valence-electron chi connectivity index (χ1n) is 11.7. The van der Waals surface area contributed by atoms with Crippen molar-refractivity contribution in [1.29, 1.82) is 0 Å². The molecule has 0 radical (unpaired) electrons. The Labute approximate surface area is 192 Å². The number of piperidine rings is 2. The quantitative estimate of drug-likeness (QED) is 0.545. The molecule has 1 aliphatic carbocycles. The Kier molecular flexibility index (Phi) is 3.32. The van der Waals surface area contributed by atoms with Gasteiger partial charge >= 0.3 is 0 Å². The molecule has 8 rings (SSSR count). The van der Waals surface area contributed by atoms with E-state index in [9.17, 15) is 14.8 Å². The van der Waals surface area contributed by atoms with Gasteiger partial charge < -0.3 is 15.4 Å². The first-order chi connectivity index (χ1) is 15.8. The van der Waals surface area contributed by atoms with Crippen LogP contribution in [0.5, 0.6) is 0 Å². The predicted molar refractivity (Wildman–Crippen MR) is 125 cm³/mol. The van der Waals surface area contributed by atoms with Gasteiger partial charge in [0.25, 0.3) is 5.91 Å². The summed E-state index contributed by atoms with van der Waals surface area (Å²) >= 11 is 0. The van der Waals surface area contributed by atoms with Gasteiger partial charge in [0.1, 0.15) is 11.1 Å². The lowest BCUT2D eigenvalue weighted by Crippen LogP contribution is -2.83. The van der Waals surface area contributed by atoms with Crippen molar-refractivity contribution in [3.05, 3.63) is 65.4 Å². The summed E-state index contributed by atoms with van der Waals surface area (Å²) in [4.78, 5) is 29.0. The maximum Gasteiger partial charge on any atom is 0.253 e. The molecule has 0 unspecified atom stereocenters. The van der Waals surface area contributed by atoms with E-state index < -0.39 is 16.5 Å². The van der Waals surface area contributed by atoms with E-state index in [1.54, 1.807) is 0 Å². The summed E-state index contributed by atoms with van der Waals surface area (Å²) in [5.41, 5.74) is 2.56. The molecule has 0 aromatic heterocycles. The number of carbonyl (C=O) groups is 2. The molecule has 2 spiro atoms. The lowest BCUT2D eigenvalue weighted by atomic mass is 9.51. The summed E-state index contributed by atoms with van der Waals surface area (Å²) in [6, 6.07) is 15.9. The zero-order valence-corrected chi connectivity index (χ0v) is 18.7. The van der Waals surface area contributed by atoms with Crippen molar-refractivity contribution in [2.24, 2.45) is 11.3 Å². The fourth-order valence-electron chi connectivity index (χ4n) is 7.30. The number of carbonyl (C=O) groups excluding carboxylic acids is 2. The number of allylic oxidation sites excluding steroid dienone is 1. The van der Waals surface area contributed by atoms with E-state index in [0.717, 1.165) is 33.4 Å². The summed E-state index contributed by atoms with van der Waals surface area (Å²) in [5.74, 6) is -0.217. The first kappa shape index (κ1) is 19.1. The van der Waals surface area contributed by atoms with Gasteiger partial charge in [0.05, 0.1) is 16.6 Å². The van der Waals surface area contributed by atoms with Gasteiger partial charge in [-0.3, -0.25) is 9.59 Å². The molecule has 4 fully saturated rings. The molecular formula is C27H25N3O3. The van der Waals surface area contributed by atoms with E-state index in [4.69, 9.17) is 0 Å². The first-order valence-corrected chi connectivity index (χ1v) is 11.7. The molecule has 6 aliphatic rings. The average Bonchev–Trinajstić information content (AvgIpc) is 3.36. The van der Waals surface area contributed by atoms with E-state index in [2.05, 4.69) is 19.2 Å². The van der Waals surface area contributed by atoms with Gasteiger partial charge in [-0.15, -0.1) is 0 Å². The van der Waals surface area contributed by atoms with Crippen LogP contribution in [0.4, 0.5) is 5.69 Å². The highest BCUT2D eigenvalue weighted by Gasteiger charge is 2.73. The molecule has 4 saturated heterocycles. The topological polar surface area (TPSA) is 75.5 Å². The van der Waals surface area contributed by atoms with Gasteiger partial charge in [-0.2, -0.15) is 4.74 Å². The summed E-state index contributed by atoms with van der Waals surface area (Å²) < 4.78 is 1.06. The Bertz CT molecular complexity index is 1340. The molecule has 2 aromatic rings. The Morgan fingerprint density at radius 3 is 2.67 bits per heavy atom. The van der Waals surface area contributed by atoms with Crippen LogP contribution in [0.2, 0.25) is 0 Å². The lowest BCUT2D eigenvalue weighted by Gasteiger charge is -2.62. The molecule has 2 bridgehead atoms. The monoisotopic (exact) mass is 439 g/mol. The normalized spacial score (nSPS) is 32.7. The Balaban J connectivity index is 1.47. The number of rotatable bonds is 1. The second-order valence-electron chi connectivity index (χ2n) is 10.7. The van der Waals surface area contributed by atoms with Crippen LogP contribution in [0.3, 0.4) is 0 Å². The third-order valence-corrected chi connectivity index (χ3v) is 8.85. The van der Waals surface area contributed by atoms with E-state index in [1.165, 1.54) is 0 Å². The number of nitrogens with one attached hydrogen (secondary N) is 1. The molecule has 6 heteroatoms. The SMILES string of the molecule is CC1(C)C2=[N+]([O-])c3ccc(-c4ccccc4)cc3C2=C[C@@]23NC(=O)[C@]4(CCCN4C2=O)C[C@@H]13. The van der Waals surface area contributed by atoms with Crippen molar-refractivity contribution in [1.82, 2.24) is 10.2 Å². The number of fused-ring (bicyclic) bond motifs is 4. The van der Waals surface area contributed by atoms with Crippen LogP contribution in [0, 0.1) is 16.5 Å². The summed E-state index contributed by atoms with van der Waals surface area (Å²) in [7, 11) is 0. The molecular weight excluding hydrogens is 414 g/mol. The molecule has 0 saturated carbocycles. The minimum Gasteiger partial charge on any atom is -0.618 e. The summed E-state index contributed by atoms with van der Waals surface area (Å²) in [6.07, 6.45) is 4.04. The van der Waals surface area contributed by atoms with Gasteiger partial charge in [-0.05, 0) is 62.4 Å². The Morgan fingerprint density at radius 2 is 1.88 bits per heavy atom. The molecule has 3 atom stereocenters. The van der Waals surface area contributed by atoms with Crippen LogP contribution >= 0.6 is 0 Å². The highest BCUT2D eigenvalue weighted by molar-refractivity contribution is 6.30. The highest BCUT2D eigenvalue weighted by atomic mass is 16.5. The molecule has 5 aliphatic heterocycles. The average molecular weight is 440 g/mol. The number of nitrogens with zero attached hydrogens (tertiary/aromatic N) is 2. The fraction of sp³-hybridized carbons (Fsp3) is 0.370. The van der Waals surface area contributed by atoms with Gasteiger partial charge in [0, 0.05) is 18.5 Å². The number of piperazine rings is 1. The predicted octanol–water partition coefficient (Wildman–Crippen LogP) is 3.62. The molecule has 5 heterocycles. The smallest absolute Gasteiger partial charge is 0.253 e. The minimum absolute atomic E-state index is 0.0133. The van der Waals surface area contributed by atoms with Crippen molar-refractivity contribution in [2.45, 2.75) is 44.2 Å². The van der Waals surface area contributed by atoms with Gasteiger partial charge in [-0.25, -0.2) is 0 Å². The van der Waals surface area contributed by atoms with Crippen LogP contribution in [0.25, 0.3) is 16.7 Å². The van der Waals surface area contributed by atoms with Gasteiger partial charge in [-0.1, -0.05) is 30.3 Å². The molecule has 6 nitrogen and oxygen atoms in total. The maximum atomic E-state index is 13.9. The number of hydrogen-bond donors (Lipinski definition) is 1. The number of amides is 2. The molecule has 2 aromatic carbocycles. The Morgan fingerprint density at radius 1 is 1.09 bits per heavy atom. The summed E-state index contributed by atoms with van der Waals surface area (Å²) in [5, 5.41) is 16.8. The van der Waals surface area contributed by atoms with E-state index in [1.807, 2.05) is 59.5 Å². The molecule has 166 valence electrons. The maximum absolute atomic E-state index is 13.9. The van der Waals surface area contributed by atoms with Gasteiger partial charge in [0.15, 0.2) is 0 Å². The number of benzene rings is 2. The van der Waals surface area contributed by atoms with E-state index in [-0.39, 0.29) is 17.7 Å². The number of hydrogen-bond acceptors (Lipinski definition) is 3. The molecule has 1 N–H and O–H groups in total. The van der Waals surface area contributed by atoms with E-state index in [0.29, 0.717) is 30.8 Å². The lowest BCUT2D eigenvalue weighted by molar-refractivity contribution is -0.362. The zero-order chi connectivity index (χ0) is 22.8. The van der Waals surface area contributed by atoms with Crippen LogP contribution in [-0.2, 0) is 9.59 Å².